The van der Waals surface area contributed by atoms with Crippen LogP contribution in [0.2, 0.25) is 0 Å². The normalized spacial score (nSPS) is 17.4. The summed E-state index contributed by atoms with van der Waals surface area (Å²) in [5.41, 5.74) is 0.108. The zero-order valence-corrected chi connectivity index (χ0v) is 16.2. The van der Waals surface area contributed by atoms with E-state index in [4.69, 9.17) is 4.98 Å². The Morgan fingerprint density at radius 3 is 2.28 bits per heavy atom. The third-order valence-electron chi connectivity index (χ3n) is 5.27. The predicted octanol–water partition coefficient (Wildman–Crippen LogP) is 3.10. The van der Waals surface area contributed by atoms with Crippen LogP contribution < -0.4 is 15.1 Å². The Hall–Kier alpha value is -2.97. The number of carbonyl (C=O) groups is 1. The van der Waals surface area contributed by atoms with E-state index < -0.39 is 11.6 Å². The van der Waals surface area contributed by atoms with Crippen molar-refractivity contribution in [1.82, 2.24) is 14.9 Å². The first-order valence-corrected chi connectivity index (χ1v) is 9.93. The van der Waals surface area contributed by atoms with Crippen LogP contribution in [0.5, 0.6) is 0 Å². The standard InChI is InChI=1S/C20H24F2N6O/c21-15-12-16(22)14-17(13-15)24-20(29)28-10-8-26(9-11-28)18-4-5-23-19(25-18)27-6-2-1-3-7-27/h4-5,12-14H,1-3,6-11H2,(H,24,29). The van der Waals surface area contributed by atoms with Crippen molar-refractivity contribution in [3.8, 4) is 0 Å². The molecule has 1 N–H and O–H groups in total. The Kier molecular flexibility index (Phi) is 5.73. The summed E-state index contributed by atoms with van der Waals surface area (Å²) in [4.78, 5) is 27.5. The van der Waals surface area contributed by atoms with E-state index >= 15 is 0 Å². The van der Waals surface area contributed by atoms with Crippen LogP contribution in [-0.4, -0.2) is 60.2 Å². The Morgan fingerprint density at radius 1 is 0.897 bits per heavy atom. The summed E-state index contributed by atoms with van der Waals surface area (Å²) < 4.78 is 26.6. The molecule has 0 bridgehead atoms. The van der Waals surface area contributed by atoms with Crippen LogP contribution in [0.1, 0.15) is 19.3 Å². The lowest BCUT2D eigenvalue weighted by atomic mass is 10.1. The average Bonchev–Trinajstić information content (AvgIpc) is 2.74. The molecule has 29 heavy (non-hydrogen) atoms. The molecule has 7 nitrogen and oxygen atoms in total. The molecule has 2 aliphatic rings. The molecule has 2 aromatic rings. The lowest BCUT2D eigenvalue weighted by Crippen LogP contribution is -2.50. The van der Waals surface area contributed by atoms with Crippen molar-refractivity contribution in [3.63, 3.8) is 0 Å². The summed E-state index contributed by atoms with van der Waals surface area (Å²) in [5, 5.41) is 2.56. The third kappa shape index (κ3) is 4.72. The van der Waals surface area contributed by atoms with Gasteiger partial charge in [0.15, 0.2) is 0 Å². The Morgan fingerprint density at radius 2 is 1.59 bits per heavy atom. The van der Waals surface area contributed by atoms with Gasteiger partial charge in [-0.15, -0.1) is 0 Å². The molecule has 4 rings (SSSR count). The highest BCUT2D eigenvalue weighted by Gasteiger charge is 2.23. The largest absolute Gasteiger partial charge is 0.353 e. The van der Waals surface area contributed by atoms with Gasteiger partial charge in [-0.25, -0.2) is 18.6 Å². The maximum Gasteiger partial charge on any atom is 0.321 e. The number of carbonyl (C=O) groups excluding carboxylic acids is 1. The molecule has 0 aliphatic carbocycles. The van der Waals surface area contributed by atoms with Crippen LogP contribution in [0.25, 0.3) is 0 Å². The van der Waals surface area contributed by atoms with Gasteiger partial charge >= 0.3 is 6.03 Å². The summed E-state index contributed by atoms with van der Waals surface area (Å²) in [7, 11) is 0. The molecule has 154 valence electrons. The Bertz CT molecular complexity index is 846. The highest BCUT2D eigenvalue weighted by atomic mass is 19.1. The minimum Gasteiger partial charge on any atom is -0.353 e. The summed E-state index contributed by atoms with van der Waals surface area (Å²) in [5.74, 6) is 0.167. The number of hydrogen-bond acceptors (Lipinski definition) is 5. The lowest BCUT2D eigenvalue weighted by molar-refractivity contribution is 0.208. The van der Waals surface area contributed by atoms with Crippen molar-refractivity contribution < 1.29 is 13.6 Å². The van der Waals surface area contributed by atoms with Gasteiger partial charge in [0.05, 0.1) is 0 Å². The Balaban J connectivity index is 1.35. The van der Waals surface area contributed by atoms with E-state index in [-0.39, 0.29) is 11.7 Å². The molecule has 3 heterocycles. The number of hydrogen-bond donors (Lipinski definition) is 1. The van der Waals surface area contributed by atoms with E-state index in [0.717, 1.165) is 55.9 Å². The van der Waals surface area contributed by atoms with Gasteiger partial charge in [-0.3, -0.25) is 0 Å². The number of nitrogens with one attached hydrogen (secondary N) is 1. The van der Waals surface area contributed by atoms with Gasteiger partial charge in [-0.2, -0.15) is 4.98 Å². The van der Waals surface area contributed by atoms with Gasteiger partial charge in [0.1, 0.15) is 17.5 Å². The van der Waals surface area contributed by atoms with Crippen LogP contribution in [0.15, 0.2) is 30.5 Å². The smallest absolute Gasteiger partial charge is 0.321 e. The van der Waals surface area contributed by atoms with E-state index in [1.165, 1.54) is 6.42 Å². The molecule has 1 aromatic carbocycles. The van der Waals surface area contributed by atoms with E-state index in [1.54, 1.807) is 11.1 Å². The second-order valence-electron chi connectivity index (χ2n) is 7.32. The average molecular weight is 402 g/mol. The molecule has 0 saturated carbocycles. The molecule has 2 aliphatic heterocycles. The minimum atomic E-state index is -0.724. The number of anilines is 3. The highest BCUT2D eigenvalue weighted by molar-refractivity contribution is 5.89. The highest BCUT2D eigenvalue weighted by Crippen LogP contribution is 2.20. The van der Waals surface area contributed by atoms with E-state index in [2.05, 4.69) is 20.1 Å². The molecule has 0 radical (unpaired) electrons. The van der Waals surface area contributed by atoms with Crippen LogP contribution in [0.4, 0.5) is 31.0 Å². The van der Waals surface area contributed by atoms with Gasteiger partial charge in [0, 0.05) is 57.2 Å². The van der Waals surface area contributed by atoms with Gasteiger partial charge < -0.3 is 20.0 Å². The number of urea groups is 1. The third-order valence-corrected chi connectivity index (χ3v) is 5.27. The van der Waals surface area contributed by atoms with Crippen LogP contribution in [0.3, 0.4) is 0 Å². The maximum absolute atomic E-state index is 13.3. The zero-order valence-electron chi connectivity index (χ0n) is 16.2. The van der Waals surface area contributed by atoms with Crippen molar-refractivity contribution in [2.24, 2.45) is 0 Å². The molecule has 0 spiro atoms. The maximum atomic E-state index is 13.3. The van der Waals surface area contributed by atoms with Gasteiger partial charge in [0.2, 0.25) is 5.95 Å². The molecule has 1 aromatic heterocycles. The van der Waals surface area contributed by atoms with Crippen molar-refractivity contribution in [3.05, 3.63) is 42.1 Å². The number of rotatable bonds is 3. The fourth-order valence-electron chi connectivity index (χ4n) is 3.73. The number of benzene rings is 1. The lowest BCUT2D eigenvalue weighted by Gasteiger charge is -2.35. The first-order valence-electron chi connectivity index (χ1n) is 9.93. The predicted molar refractivity (Wildman–Crippen MR) is 107 cm³/mol. The van der Waals surface area contributed by atoms with Crippen LogP contribution in [0, 0.1) is 11.6 Å². The number of piperidine rings is 1. The number of halogens is 2. The summed E-state index contributed by atoms with van der Waals surface area (Å²) >= 11 is 0. The topological polar surface area (TPSA) is 64.6 Å². The molecular formula is C20H24F2N6O. The molecular weight excluding hydrogens is 378 g/mol. The van der Waals surface area contributed by atoms with Crippen LogP contribution >= 0.6 is 0 Å². The number of amides is 2. The summed E-state index contributed by atoms with van der Waals surface area (Å²) in [6, 6.07) is 4.49. The summed E-state index contributed by atoms with van der Waals surface area (Å²) in [6.07, 6.45) is 5.36. The second kappa shape index (κ2) is 8.59. The van der Waals surface area contributed by atoms with E-state index in [1.807, 2.05) is 6.07 Å². The summed E-state index contributed by atoms with van der Waals surface area (Å²) in [6.45, 7) is 4.21. The van der Waals surface area contributed by atoms with Crippen molar-refractivity contribution in [2.75, 3.05) is 54.4 Å². The van der Waals surface area contributed by atoms with Crippen LogP contribution in [-0.2, 0) is 0 Å². The first kappa shape index (κ1) is 19.4. The molecule has 0 unspecified atom stereocenters. The van der Waals surface area contributed by atoms with E-state index in [0.29, 0.717) is 26.2 Å². The first-order chi connectivity index (χ1) is 14.1. The number of piperazine rings is 1. The quantitative estimate of drug-likeness (QED) is 0.855. The van der Waals surface area contributed by atoms with E-state index in [9.17, 15) is 13.6 Å². The SMILES string of the molecule is O=C(Nc1cc(F)cc(F)c1)N1CCN(c2ccnc(N3CCCCC3)n2)CC1. The van der Waals surface area contributed by atoms with Crippen molar-refractivity contribution >= 4 is 23.5 Å². The minimum absolute atomic E-state index is 0.108. The van der Waals surface area contributed by atoms with Gasteiger partial charge in [0.25, 0.3) is 0 Å². The zero-order chi connectivity index (χ0) is 20.2. The number of aromatic nitrogens is 2. The fraction of sp³-hybridized carbons (Fsp3) is 0.450. The second-order valence-corrected chi connectivity index (χ2v) is 7.32. The fourth-order valence-corrected chi connectivity index (χ4v) is 3.73. The van der Waals surface area contributed by atoms with Crippen molar-refractivity contribution in [1.29, 1.82) is 0 Å². The molecule has 2 saturated heterocycles. The van der Waals surface area contributed by atoms with Gasteiger partial charge in [-0.05, 0) is 37.5 Å². The molecule has 2 fully saturated rings. The Labute approximate surface area is 168 Å². The van der Waals surface area contributed by atoms with Gasteiger partial charge in [-0.1, -0.05) is 0 Å². The molecule has 9 heteroatoms. The number of nitrogens with zero attached hydrogens (tertiary/aromatic N) is 5. The van der Waals surface area contributed by atoms with Crippen molar-refractivity contribution in [2.45, 2.75) is 19.3 Å². The molecule has 2 amide bonds. The monoisotopic (exact) mass is 402 g/mol. The molecule has 0 atom stereocenters.